The molecular weight excluding hydrogens is 170 g/mol. The average Bonchev–Trinajstić information content (AvgIpc) is 2.19. The molecule has 0 aromatic carbocycles. The second-order valence-electron chi connectivity index (χ2n) is 4.00. The van der Waals surface area contributed by atoms with Crippen LogP contribution >= 0.6 is 0 Å². The van der Waals surface area contributed by atoms with Crippen molar-refractivity contribution in [1.29, 1.82) is 0 Å². The van der Waals surface area contributed by atoms with Crippen molar-refractivity contribution in [1.82, 2.24) is 5.32 Å². The molecule has 0 aliphatic carbocycles. The fourth-order valence-electron chi connectivity index (χ4n) is 2.04. The molecule has 1 N–H and O–H groups in total. The molecule has 84 valence electrons. The Morgan fingerprint density at radius 3 is 2.43 bits per heavy atom. The molecule has 0 aromatic heterocycles. The van der Waals surface area contributed by atoms with Crippen molar-refractivity contribution >= 4 is 0 Å². The van der Waals surface area contributed by atoms with Crippen molar-refractivity contribution in [3.05, 3.63) is 12.7 Å². The minimum Gasteiger partial charge on any atom is -0.314 e. The van der Waals surface area contributed by atoms with Gasteiger partial charge >= 0.3 is 0 Å². The molecule has 1 heteroatoms. The summed E-state index contributed by atoms with van der Waals surface area (Å²) in [5.41, 5.74) is 0. The molecule has 2 atom stereocenters. The van der Waals surface area contributed by atoms with Crippen molar-refractivity contribution in [3.63, 3.8) is 0 Å². The molecule has 0 radical (unpaired) electrons. The first-order valence-electron chi connectivity index (χ1n) is 6.14. The van der Waals surface area contributed by atoms with E-state index in [4.69, 9.17) is 0 Å². The van der Waals surface area contributed by atoms with E-state index in [1.165, 1.54) is 25.7 Å². The van der Waals surface area contributed by atoms with E-state index in [1.54, 1.807) is 0 Å². The van der Waals surface area contributed by atoms with E-state index in [-0.39, 0.29) is 0 Å². The van der Waals surface area contributed by atoms with Gasteiger partial charge in [-0.25, -0.2) is 0 Å². The van der Waals surface area contributed by atoms with Crippen LogP contribution in [0.15, 0.2) is 12.7 Å². The smallest absolute Gasteiger partial charge is 0.0129 e. The van der Waals surface area contributed by atoms with E-state index in [2.05, 4.69) is 32.7 Å². The molecule has 0 aliphatic rings. The lowest BCUT2D eigenvalue weighted by atomic mass is 9.89. The van der Waals surface area contributed by atoms with Gasteiger partial charge in [0, 0.05) is 6.04 Å². The van der Waals surface area contributed by atoms with Gasteiger partial charge in [0.2, 0.25) is 0 Å². The van der Waals surface area contributed by atoms with E-state index < -0.39 is 0 Å². The van der Waals surface area contributed by atoms with Crippen molar-refractivity contribution in [2.24, 2.45) is 5.92 Å². The SMILES string of the molecule is C=CCC(NCC)C(CC)CCCC. The third-order valence-electron chi connectivity index (χ3n) is 2.91. The van der Waals surface area contributed by atoms with Gasteiger partial charge in [-0.05, 0) is 25.3 Å². The molecule has 0 spiro atoms. The van der Waals surface area contributed by atoms with Gasteiger partial charge in [-0.1, -0.05) is 46.1 Å². The molecular formula is C13H27N. The summed E-state index contributed by atoms with van der Waals surface area (Å²) in [4.78, 5) is 0. The summed E-state index contributed by atoms with van der Waals surface area (Å²) in [6, 6.07) is 0.647. The second kappa shape index (κ2) is 9.26. The lowest BCUT2D eigenvalue weighted by Crippen LogP contribution is -2.35. The minimum absolute atomic E-state index is 0.647. The zero-order chi connectivity index (χ0) is 10.8. The maximum atomic E-state index is 3.84. The van der Waals surface area contributed by atoms with E-state index in [0.717, 1.165) is 18.9 Å². The fourth-order valence-corrected chi connectivity index (χ4v) is 2.04. The Labute approximate surface area is 90.0 Å². The first kappa shape index (κ1) is 13.7. The Morgan fingerprint density at radius 1 is 1.29 bits per heavy atom. The number of rotatable bonds is 9. The van der Waals surface area contributed by atoms with Gasteiger partial charge in [0.15, 0.2) is 0 Å². The van der Waals surface area contributed by atoms with E-state index in [0.29, 0.717) is 6.04 Å². The predicted octanol–water partition coefficient (Wildman–Crippen LogP) is 3.76. The highest BCUT2D eigenvalue weighted by Gasteiger charge is 2.16. The third-order valence-corrected chi connectivity index (χ3v) is 2.91. The minimum atomic E-state index is 0.647. The highest BCUT2D eigenvalue weighted by molar-refractivity contribution is 4.82. The van der Waals surface area contributed by atoms with Gasteiger partial charge in [0.25, 0.3) is 0 Å². The Morgan fingerprint density at radius 2 is 2.00 bits per heavy atom. The van der Waals surface area contributed by atoms with Crippen LogP contribution in [-0.4, -0.2) is 12.6 Å². The van der Waals surface area contributed by atoms with Gasteiger partial charge in [0.05, 0.1) is 0 Å². The lowest BCUT2D eigenvalue weighted by molar-refractivity contribution is 0.323. The third kappa shape index (κ3) is 5.43. The lowest BCUT2D eigenvalue weighted by Gasteiger charge is -2.26. The summed E-state index contributed by atoms with van der Waals surface area (Å²) in [5, 5.41) is 3.57. The number of nitrogens with one attached hydrogen (secondary N) is 1. The van der Waals surface area contributed by atoms with Crippen LogP contribution in [0.2, 0.25) is 0 Å². The Hall–Kier alpha value is -0.300. The first-order chi connectivity index (χ1) is 6.79. The number of hydrogen-bond donors (Lipinski definition) is 1. The van der Waals surface area contributed by atoms with Gasteiger partial charge in [-0.2, -0.15) is 0 Å². The Bertz CT molecular complexity index is 131. The van der Waals surface area contributed by atoms with Crippen LogP contribution in [0.5, 0.6) is 0 Å². The van der Waals surface area contributed by atoms with Crippen molar-refractivity contribution in [2.75, 3.05) is 6.54 Å². The van der Waals surface area contributed by atoms with Gasteiger partial charge < -0.3 is 5.32 Å². The van der Waals surface area contributed by atoms with Crippen LogP contribution in [0.3, 0.4) is 0 Å². The summed E-state index contributed by atoms with van der Waals surface area (Å²) >= 11 is 0. The molecule has 0 bridgehead atoms. The van der Waals surface area contributed by atoms with Crippen LogP contribution in [0.1, 0.15) is 52.9 Å². The van der Waals surface area contributed by atoms with E-state index in [1.807, 2.05) is 6.08 Å². The molecule has 0 heterocycles. The highest BCUT2D eigenvalue weighted by atomic mass is 14.9. The molecule has 0 fully saturated rings. The zero-order valence-electron chi connectivity index (χ0n) is 10.2. The Kier molecular flexibility index (Phi) is 9.06. The summed E-state index contributed by atoms with van der Waals surface area (Å²) in [6.45, 7) is 11.7. The Balaban J connectivity index is 4.02. The summed E-state index contributed by atoms with van der Waals surface area (Å²) in [7, 11) is 0. The molecule has 1 nitrogen and oxygen atoms in total. The normalized spacial score (nSPS) is 15.1. The van der Waals surface area contributed by atoms with Crippen LogP contribution in [0, 0.1) is 5.92 Å². The topological polar surface area (TPSA) is 12.0 Å². The maximum absolute atomic E-state index is 3.84. The maximum Gasteiger partial charge on any atom is 0.0129 e. The highest BCUT2D eigenvalue weighted by Crippen LogP contribution is 2.19. The van der Waals surface area contributed by atoms with E-state index >= 15 is 0 Å². The molecule has 14 heavy (non-hydrogen) atoms. The molecule has 0 amide bonds. The quantitative estimate of drug-likeness (QED) is 0.555. The van der Waals surface area contributed by atoms with Crippen molar-refractivity contribution in [2.45, 2.75) is 58.9 Å². The number of unbranched alkanes of at least 4 members (excludes halogenated alkanes) is 1. The summed E-state index contributed by atoms with van der Waals surface area (Å²) in [6.07, 6.45) is 8.46. The van der Waals surface area contributed by atoms with Crippen LogP contribution < -0.4 is 5.32 Å². The first-order valence-corrected chi connectivity index (χ1v) is 6.14. The molecule has 0 aliphatic heterocycles. The predicted molar refractivity (Wildman–Crippen MR) is 65.6 cm³/mol. The van der Waals surface area contributed by atoms with Crippen LogP contribution in [0.25, 0.3) is 0 Å². The second-order valence-corrected chi connectivity index (χ2v) is 4.00. The standard InChI is InChI=1S/C13H27N/c1-5-9-11-12(7-3)13(10-6-2)14-8-4/h6,12-14H,2,5,7-11H2,1,3-4H3. The molecule has 2 unspecified atom stereocenters. The molecule has 0 saturated heterocycles. The summed E-state index contributed by atoms with van der Waals surface area (Å²) < 4.78 is 0. The summed E-state index contributed by atoms with van der Waals surface area (Å²) in [5.74, 6) is 0.827. The average molecular weight is 197 g/mol. The van der Waals surface area contributed by atoms with Gasteiger partial charge in [-0.3, -0.25) is 0 Å². The molecule has 0 saturated carbocycles. The largest absolute Gasteiger partial charge is 0.314 e. The van der Waals surface area contributed by atoms with Crippen molar-refractivity contribution < 1.29 is 0 Å². The van der Waals surface area contributed by atoms with Gasteiger partial charge in [-0.15, -0.1) is 6.58 Å². The molecule has 0 rings (SSSR count). The van der Waals surface area contributed by atoms with Gasteiger partial charge in [0.1, 0.15) is 0 Å². The monoisotopic (exact) mass is 197 g/mol. The van der Waals surface area contributed by atoms with Crippen LogP contribution in [0.4, 0.5) is 0 Å². The van der Waals surface area contributed by atoms with Crippen molar-refractivity contribution in [3.8, 4) is 0 Å². The van der Waals surface area contributed by atoms with Crippen LogP contribution in [-0.2, 0) is 0 Å². The zero-order valence-corrected chi connectivity index (χ0v) is 10.2. The fraction of sp³-hybridized carbons (Fsp3) is 0.846. The van der Waals surface area contributed by atoms with E-state index in [9.17, 15) is 0 Å². The molecule has 0 aromatic rings. The number of hydrogen-bond acceptors (Lipinski definition) is 1.